The summed E-state index contributed by atoms with van der Waals surface area (Å²) in [6, 6.07) is 16.9. The van der Waals surface area contributed by atoms with E-state index >= 15 is 0 Å². The van der Waals surface area contributed by atoms with Gasteiger partial charge in [0.2, 0.25) is 0 Å². The Balaban J connectivity index is 1.41. The molecule has 0 unspecified atom stereocenters. The van der Waals surface area contributed by atoms with Gasteiger partial charge in [-0.25, -0.2) is 0 Å². The minimum atomic E-state index is -0.167. The third-order valence-corrected chi connectivity index (χ3v) is 4.07. The third kappa shape index (κ3) is 3.55. The van der Waals surface area contributed by atoms with Crippen molar-refractivity contribution in [1.82, 2.24) is 4.90 Å². The van der Waals surface area contributed by atoms with Crippen LogP contribution in [0, 0.1) is 11.8 Å². The van der Waals surface area contributed by atoms with Gasteiger partial charge in [-0.1, -0.05) is 48.6 Å². The molecular formula is C21H19NO2. The molecule has 3 heteroatoms. The molecule has 0 bridgehead atoms. The number of carbonyl (C=O) groups excluding carboxylic acids is 2. The molecular weight excluding hydrogens is 298 g/mol. The molecule has 3 nitrogen and oxygen atoms in total. The lowest BCUT2D eigenvalue weighted by Crippen LogP contribution is -2.30. The Morgan fingerprint density at radius 1 is 0.750 bits per heavy atom. The van der Waals surface area contributed by atoms with Crippen molar-refractivity contribution in [2.75, 3.05) is 6.54 Å². The normalized spacial score (nSPS) is 12.8. The lowest BCUT2D eigenvalue weighted by Gasteiger charge is -2.13. The van der Waals surface area contributed by atoms with Gasteiger partial charge in [-0.3, -0.25) is 14.5 Å². The number of nitrogens with zero attached hydrogens (tertiary/aromatic N) is 1. The zero-order valence-electron chi connectivity index (χ0n) is 13.5. The fourth-order valence-electron chi connectivity index (χ4n) is 2.79. The zero-order valence-corrected chi connectivity index (χ0v) is 13.5. The van der Waals surface area contributed by atoms with Crippen molar-refractivity contribution in [3.63, 3.8) is 0 Å². The fourth-order valence-corrected chi connectivity index (χ4v) is 2.79. The molecule has 0 spiro atoms. The van der Waals surface area contributed by atoms with E-state index in [4.69, 9.17) is 0 Å². The average molecular weight is 317 g/mol. The fraction of sp³-hybridized carbons (Fsp3) is 0.238. The van der Waals surface area contributed by atoms with Crippen LogP contribution in [-0.2, 0) is 0 Å². The monoisotopic (exact) mass is 317 g/mol. The van der Waals surface area contributed by atoms with E-state index in [0.29, 0.717) is 17.7 Å². The average Bonchev–Trinajstić information content (AvgIpc) is 2.87. The predicted octanol–water partition coefficient (Wildman–Crippen LogP) is 3.89. The highest BCUT2D eigenvalue weighted by Crippen LogP contribution is 2.22. The van der Waals surface area contributed by atoms with Gasteiger partial charge in [-0.05, 0) is 37.1 Å². The molecule has 0 atom stereocenters. The molecule has 0 aliphatic carbocycles. The van der Waals surface area contributed by atoms with Crippen LogP contribution < -0.4 is 0 Å². The number of fused-ring (bicyclic) bond motifs is 1. The van der Waals surface area contributed by atoms with Crippen molar-refractivity contribution >= 4 is 11.8 Å². The first-order valence-corrected chi connectivity index (χ1v) is 8.26. The molecule has 120 valence electrons. The minimum Gasteiger partial charge on any atom is -0.274 e. The second-order valence-corrected chi connectivity index (χ2v) is 5.79. The molecule has 1 heterocycles. The molecule has 0 fully saturated rings. The molecule has 0 saturated heterocycles. The lowest BCUT2D eigenvalue weighted by molar-refractivity contribution is 0.0651. The van der Waals surface area contributed by atoms with Gasteiger partial charge in [0.15, 0.2) is 0 Å². The Bertz CT molecular complexity index is 764. The largest absolute Gasteiger partial charge is 0.274 e. The second-order valence-electron chi connectivity index (χ2n) is 5.79. The summed E-state index contributed by atoms with van der Waals surface area (Å²) in [5.74, 6) is 5.96. The standard InChI is InChI=1S/C21H19NO2/c23-20-18-14-8-9-15-19(18)21(24)22(20)16-10-3-1-2-5-11-17-12-6-4-7-13-17/h4,6-9,12-15H,1-3,10,16H2. The highest BCUT2D eigenvalue weighted by atomic mass is 16.2. The maximum atomic E-state index is 12.2. The number of rotatable bonds is 5. The molecule has 3 rings (SSSR count). The van der Waals surface area contributed by atoms with Crippen LogP contribution in [0.25, 0.3) is 0 Å². The number of benzene rings is 2. The molecule has 2 aromatic rings. The van der Waals surface area contributed by atoms with Crippen LogP contribution in [0.15, 0.2) is 54.6 Å². The van der Waals surface area contributed by atoms with Crippen LogP contribution in [0.4, 0.5) is 0 Å². The smallest absolute Gasteiger partial charge is 0.261 e. The van der Waals surface area contributed by atoms with Crippen molar-refractivity contribution in [3.8, 4) is 11.8 Å². The Kier molecular flexibility index (Phi) is 5.08. The topological polar surface area (TPSA) is 37.4 Å². The van der Waals surface area contributed by atoms with Crippen LogP contribution >= 0.6 is 0 Å². The van der Waals surface area contributed by atoms with E-state index < -0.39 is 0 Å². The van der Waals surface area contributed by atoms with Crippen molar-refractivity contribution < 1.29 is 9.59 Å². The molecule has 1 aliphatic heterocycles. The number of unbranched alkanes of at least 4 members (excludes halogenated alkanes) is 3. The van der Waals surface area contributed by atoms with E-state index in [1.54, 1.807) is 24.3 Å². The van der Waals surface area contributed by atoms with E-state index in [0.717, 1.165) is 31.2 Å². The van der Waals surface area contributed by atoms with E-state index in [1.807, 2.05) is 30.3 Å². The lowest BCUT2D eigenvalue weighted by atomic mass is 10.1. The van der Waals surface area contributed by atoms with Gasteiger partial charge in [-0.2, -0.15) is 0 Å². The summed E-state index contributed by atoms with van der Waals surface area (Å²) >= 11 is 0. The van der Waals surface area contributed by atoms with E-state index in [2.05, 4.69) is 11.8 Å². The molecule has 0 N–H and O–H groups in total. The van der Waals surface area contributed by atoms with E-state index in [-0.39, 0.29) is 11.8 Å². The number of imide groups is 1. The van der Waals surface area contributed by atoms with E-state index in [9.17, 15) is 9.59 Å². The summed E-state index contributed by atoms with van der Waals surface area (Å²) in [6.07, 6.45) is 3.58. The zero-order chi connectivity index (χ0) is 16.8. The van der Waals surface area contributed by atoms with Crippen molar-refractivity contribution in [2.45, 2.75) is 25.7 Å². The van der Waals surface area contributed by atoms with Gasteiger partial charge in [0.05, 0.1) is 11.1 Å². The van der Waals surface area contributed by atoms with Gasteiger partial charge < -0.3 is 0 Å². The van der Waals surface area contributed by atoms with Crippen molar-refractivity contribution in [2.24, 2.45) is 0 Å². The number of hydrogen-bond donors (Lipinski definition) is 0. The minimum absolute atomic E-state index is 0.167. The first-order chi connectivity index (χ1) is 11.8. The summed E-state index contributed by atoms with van der Waals surface area (Å²) in [5, 5.41) is 0. The van der Waals surface area contributed by atoms with Crippen LogP contribution in [0.1, 0.15) is 52.0 Å². The maximum Gasteiger partial charge on any atom is 0.261 e. The molecule has 24 heavy (non-hydrogen) atoms. The van der Waals surface area contributed by atoms with Gasteiger partial charge in [0.25, 0.3) is 11.8 Å². The predicted molar refractivity (Wildman–Crippen MR) is 93.6 cm³/mol. The second kappa shape index (κ2) is 7.61. The van der Waals surface area contributed by atoms with Crippen molar-refractivity contribution in [3.05, 3.63) is 71.3 Å². The number of carbonyl (C=O) groups is 2. The number of hydrogen-bond acceptors (Lipinski definition) is 2. The van der Waals surface area contributed by atoms with Crippen molar-refractivity contribution in [1.29, 1.82) is 0 Å². The Morgan fingerprint density at radius 3 is 2.04 bits per heavy atom. The Labute approximate surface area is 142 Å². The summed E-state index contributed by atoms with van der Waals surface area (Å²) in [6.45, 7) is 0.485. The summed E-state index contributed by atoms with van der Waals surface area (Å²) < 4.78 is 0. The molecule has 0 saturated carbocycles. The van der Waals surface area contributed by atoms with Crippen LogP contribution in [0.2, 0.25) is 0 Å². The maximum absolute atomic E-state index is 12.2. The van der Waals surface area contributed by atoms with Gasteiger partial charge in [0, 0.05) is 18.5 Å². The number of amides is 2. The van der Waals surface area contributed by atoms with E-state index in [1.165, 1.54) is 4.90 Å². The third-order valence-electron chi connectivity index (χ3n) is 4.07. The summed E-state index contributed by atoms with van der Waals surface area (Å²) in [4.78, 5) is 25.8. The summed E-state index contributed by atoms with van der Waals surface area (Å²) in [7, 11) is 0. The molecule has 2 amide bonds. The van der Waals surface area contributed by atoms with Crippen LogP contribution in [-0.4, -0.2) is 23.3 Å². The van der Waals surface area contributed by atoms with Crippen LogP contribution in [0.5, 0.6) is 0 Å². The first-order valence-electron chi connectivity index (χ1n) is 8.26. The highest BCUT2D eigenvalue weighted by Gasteiger charge is 2.34. The molecule has 2 aromatic carbocycles. The van der Waals surface area contributed by atoms with Gasteiger partial charge >= 0.3 is 0 Å². The molecule has 1 aliphatic rings. The summed E-state index contributed by atoms with van der Waals surface area (Å²) in [5.41, 5.74) is 2.08. The van der Waals surface area contributed by atoms with Gasteiger partial charge in [0.1, 0.15) is 0 Å². The van der Waals surface area contributed by atoms with Crippen LogP contribution in [0.3, 0.4) is 0 Å². The highest BCUT2D eigenvalue weighted by molar-refractivity contribution is 6.21. The Hall–Kier alpha value is -2.86. The molecule has 0 radical (unpaired) electrons. The SMILES string of the molecule is O=C1c2ccccc2C(=O)N1CCCCCC#Cc1ccccc1. The van der Waals surface area contributed by atoms with Gasteiger partial charge in [-0.15, -0.1) is 0 Å². The Morgan fingerprint density at radius 2 is 1.38 bits per heavy atom. The quantitative estimate of drug-likeness (QED) is 0.476. The molecule has 0 aromatic heterocycles. The first kappa shape index (κ1) is 16.0.